The molecular weight excluding hydrogens is 244 g/mol. The molecule has 2 heterocycles. The van der Waals surface area contributed by atoms with Gasteiger partial charge in [-0.15, -0.1) is 11.3 Å². The van der Waals surface area contributed by atoms with Gasteiger partial charge in [-0.3, -0.25) is 4.79 Å². The molecule has 0 unspecified atom stereocenters. The van der Waals surface area contributed by atoms with E-state index in [4.69, 9.17) is 0 Å². The van der Waals surface area contributed by atoms with Crippen molar-refractivity contribution in [3.8, 4) is 0 Å². The Morgan fingerprint density at radius 2 is 2.06 bits per heavy atom. The lowest BCUT2D eigenvalue weighted by atomic mass is 10.1. The molecule has 0 aliphatic carbocycles. The van der Waals surface area contributed by atoms with Crippen molar-refractivity contribution in [2.24, 2.45) is 0 Å². The van der Waals surface area contributed by atoms with Crippen molar-refractivity contribution < 1.29 is 4.79 Å². The predicted molar refractivity (Wildman–Crippen MR) is 75.2 cm³/mol. The van der Waals surface area contributed by atoms with Crippen molar-refractivity contribution >= 4 is 27.3 Å². The molecule has 0 radical (unpaired) electrons. The van der Waals surface area contributed by atoms with E-state index in [0.717, 1.165) is 36.9 Å². The fraction of sp³-hybridized carbons (Fsp3) is 0.357. The van der Waals surface area contributed by atoms with E-state index in [1.807, 2.05) is 23.6 Å². The Kier molecular flexibility index (Phi) is 3.30. The van der Waals surface area contributed by atoms with Gasteiger partial charge in [0.15, 0.2) is 0 Å². The molecule has 18 heavy (non-hydrogen) atoms. The minimum atomic E-state index is 0.0688. The number of hydrogen-bond acceptors (Lipinski definition) is 3. The van der Waals surface area contributed by atoms with E-state index in [9.17, 15) is 4.79 Å². The molecule has 1 fully saturated rings. The molecule has 0 spiro atoms. The zero-order chi connectivity index (χ0) is 12.4. The van der Waals surface area contributed by atoms with E-state index >= 15 is 0 Å². The molecule has 4 heteroatoms. The minimum absolute atomic E-state index is 0.0688. The Labute approximate surface area is 110 Å². The van der Waals surface area contributed by atoms with E-state index in [-0.39, 0.29) is 5.91 Å². The molecule has 2 aromatic rings. The number of carbonyl (C=O) groups is 1. The largest absolute Gasteiger partial charge is 0.349 e. The van der Waals surface area contributed by atoms with Crippen LogP contribution in [0.5, 0.6) is 0 Å². The molecule has 1 aromatic heterocycles. The Bertz CT molecular complexity index is 558. The van der Waals surface area contributed by atoms with E-state index in [2.05, 4.69) is 16.7 Å². The van der Waals surface area contributed by atoms with Crippen molar-refractivity contribution in [3.63, 3.8) is 0 Å². The lowest BCUT2D eigenvalue weighted by Gasteiger charge is -2.23. The molecule has 94 valence electrons. The first kappa shape index (κ1) is 11.7. The number of benzene rings is 1. The third kappa shape index (κ3) is 2.26. The number of carbonyl (C=O) groups excluding carboxylic acids is 1. The van der Waals surface area contributed by atoms with E-state index in [0.29, 0.717) is 6.04 Å². The second kappa shape index (κ2) is 5.08. The summed E-state index contributed by atoms with van der Waals surface area (Å²) in [7, 11) is 0. The quantitative estimate of drug-likeness (QED) is 0.870. The highest BCUT2D eigenvalue weighted by Crippen LogP contribution is 2.25. The van der Waals surface area contributed by atoms with Gasteiger partial charge in [-0.25, -0.2) is 0 Å². The van der Waals surface area contributed by atoms with Crippen LogP contribution in [0.25, 0.3) is 10.1 Å². The summed E-state index contributed by atoms with van der Waals surface area (Å²) in [6.07, 6.45) is 2.04. The zero-order valence-electron chi connectivity index (χ0n) is 10.1. The fourth-order valence-electron chi connectivity index (χ4n) is 2.38. The van der Waals surface area contributed by atoms with Crippen LogP contribution in [0.4, 0.5) is 0 Å². The first-order valence-corrected chi connectivity index (χ1v) is 7.20. The van der Waals surface area contributed by atoms with Gasteiger partial charge in [-0.05, 0) is 32.0 Å². The second-order valence-electron chi connectivity index (χ2n) is 4.64. The van der Waals surface area contributed by atoms with Gasteiger partial charge in [0.2, 0.25) is 0 Å². The molecule has 1 amide bonds. The number of amides is 1. The van der Waals surface area contributed by atoms with Crippen LogP contribution in [0.1, 0.15) is 23.2 Å². The maximum atomic E-state index is 12.3. The van der Waals surface area contributed by atoms with Gasteiger partial charge in [-0.2, -0.15) is 0 Å². The fourth-order valence-corrected chi connectivity index (χ4v) is 3.32. The van der Waals surface area contributed by atoms with E-state index in [1.165, 1.54) is 4.70 Å². The molecular formula is C14H16N2OS. The van der Waals surface area contributed by atoms with Gasteiger partial charge in [-0.1, -0.05) is 18.2 Å². The highest BCUT2D eigenvalue weighted by molar-refractivity contribution is 7.17. The molecule has 1 saturated heterocycles. The number of hydrogen-bond donors (Lipinski definition) is 2. The number of piperidine rings is 1. The summed E-state index contributed by atoms with van der Waals surface area (Å²) in [5, 5.41) is 9.47. The molecule has 3 rings (SSSR count). The minimum Gasteiger partial charge on any atom is -0.349 e. The maximum absolute atomic E-state index is 12.3. The molecule has 3 nitrogen and oxygen atoms in total. The van der Waals surface area contributed by atoms with Gasteiger partial charge in [0.05, 0.1) is 5.56 Å². The van der Waals surface area contributed by atoms with Crippen molar-refractivity contribution in [1.29, 1.82) is 0 Å². The summed E-state index contributed by atoms with van der Waals surface area (Å²) >= 11 is 1.63. The van der Waals surface area contributed by atoms with Gasteiger partial charge in [0, 0.05) is 21.5 Å². The Morgan fingerprint density at radius 3 is 2.89 bits per heavy atom. The Hall–Kier alpha value is -1.39. The van der Waals surface area contributed by atoms with Crippen LogP contribution in [0.2, 0.25) is 0 Å². The van der Waals surface area contributed by atoms with Crippen molar-refractivity contribution in [3.05, 3.63) is 35.2 Å². The van der Waals surface area contributed by atoms with Gasteiger partial charge >= 0.3 is 0 Å². The van der Waals surface area contributed by atoms with Gasteiger partial charge in [0.25, 0.3) is 5.91 Å². The summed E-state index contributed by atoms with van der Waals surface area (Å²) in [5.41, 5.74) is 0.814. The molecule has 1 aliphatic heterocycles. The van der Waals surface area contributed by atoms with Crippen LogP contribution in [-0.4, -0.2) is 25.0 Å². The second-order valence-corrected chi connectivity index (χ2v) is 5.55. The van der Waals surface area contributed by atoms with Gasteiger partial charge in [0.1, 0.15) is 0 Å². The zero-order valence-corrected chi connectivity index (χ0v) is 10.9. The normalized spacial score (nSPS) is 16.9. The van der Waals surface area contributed by atoms with Crippen molar-refractivity contribution in [2.45, 2.75) is 18.9 Å². The summed E-state index contributed by atoms with van der Waals surface area (Å²) in [6, 6.07) is 8.38. The van der Waals surface area contributed by atoms with Crippen LogP contribution < -0.4 is 10.6 Å². The lowest BCUT2D eigenvalue weighted by Crippen LogP contribution is -2.42. The number of nitrogens with one attached hydrogen (secondary N) is 2. The number of rotatable bonds is 2. The molecule has 2 N–H and O–H groups in total. The third-order valence-corrected chi connectivity index (χ3v) is 4.36. The molecule has 0 saturated carbocycles. The highest BCUT2D eigenvalue weighted by atomic mass is 32.1. The lowest BCUT2D eigenvalue weighted by molar-refractivity contribution is 0.0931. The summed E-state index contributed by atoms with van der Waals surface area (Å²) in [5.74, 6) is 0.0688. The standard InChI is InChI=1S/C14H16N2OS/c17-14(16-10-5-7-15-8-6-10)12-9-18-13-4-2-1-3-11(12)13/h1-4,9-10,15H,5-8H2,(H,16,17). The summed E-state index contributed by atoms with van der Waals surface area (Å²) in [4.78, 5) is 12.3. The molecule has 1 aliphatic rings. The van der Waals surface area contributed by atoms with Crippen molar-refractivity contribution in [2.75, 3.05) is 13.1 Å². The SMILES string of the molecule is O=C(NC1CCNCC1)c1csc2ccccc12. The monoisotopic (exact) mass is 260 g/mol. The van der Waals surface area contributed by atoms with E-state index in [1.54, 1.807) is 11.3 Å². The highest BCUT2D eigenvalue weighted by Gasteiger charge is 2.18. The number of fused-ring (bicyclic) bond motifs is 1. The molecule has 0 atom stereocenters. The van der Waals surface area contributed by atoms with Crippen LogP contribution in [0, 0.1) is 0 Å². The van der Waals surface area contributed by atoms with E-state index < -0.39 is 0 Å². The Balaban J connectivity index is 1.79. The van der Waals surface area contributed by atoms with Crippen LogP contribution in [0.3, 0.4) is 0 Å². The summed E-state index contributed by atoms with van der Waals surface area (Å²) < 4.78 is 1.17. The van der Waals surface area contributed by atoms with Crippen LogP contribution in [0.15, 0.2) is 29.6 Å². The molecule has 0 bridgehead atoms. The average molecular weight is 260 g/mol. The van der Waals surface area contributed by atoms with Crippen LogP contribution in [-0.2, 0) is 0 Å². The summed E-state index contributed by atoms with van der Waals surface area (Å²) in [6.45, 7) is 1.99. The smallest absolute Gasteiger partial charge is 0.252 e. The predicted octanol–water partition coefficient (Wildman–Crippen LogP) is 2.38. The average Bonchev–Trinajstić information content (AvgIpc) is 2.84. The van der Waals surface area contributed by atoms with Gasteiger partial charge < -0.3 is 10.6 Å². The first-order chi connectivity index (χ1) is 8.84. The Morgan fingerprint density at radius 1 is 1.28 bits per heavy atom. The van der Waals surface area contributed by atoms with Crippen LogP contribution >= 0.6 is 11.3 Å². The maximum Gasteiger partial charge on any atom is 0.252 e. The first-order valence-electron chi connectivity index (χ1n) is 6.32. The molecule has 1 aromatic carbocycles. The number of thiophene rings is 1. The third-order valence-electron chi connectivity index (χ3n) is 3.40. The topological polar surface area (TPSA) is 41.1 Å². The van der Waals surface area contributed by atoms with Crippen molar-refractivity contribution in [1.82, 2.24) is 10.6 Å².